The quantitative estimate of drug-likeness (QED) is 0.658. The van der Waals surface area contributed by atoms with Gasteiger partial charge >= 0.3 is 0 Å². The van der Waals surface area contributed by atoms with Gasteiger partial charge in [0.15, 0.2) is 0 Å². The first-order chi connectivity index (χ1) is 14.1. The highest BCUT2D eigenvalue weighted by Gasteiger charge is 2.33. The standard InChI is InChI=1S/C22H20ClN5O/c23-18-3-1-2-4-20(18)28-10-9-19(22(28)29)25-13-17-14-26-21(27-17)11-15-5-7-16(12-24)8-6-15/h1-8,14,19,25H,9-11,13H2,(H,26,27). The fourth-order valence-corrected chi connectivity index (χ4v) is 3.73. The SMILES string of the molecule is N#Cc1ccc(Cc2ncc(CNC3CCN(c4ccccc4Cl)C3=O)[nH]2)cc1. The molecule has 3 aromatic rings. The number of halogens is 1. The number of carbonyl (C=O) groups is 1. The van der Waals surface area contributed by atoms with Crippen molar-refractivity contribution in [2.45, 2.75) is 25.4 Å². The molecule has 1 atom stereocenters. The Hall–Kier alpha value is -3.14. The largest absolute Gasteiger partial charge is 0.345 e. The van der Waals surface area contributed by atoms with E-state index in [0.29, 0.717) is 30.1 Å². The molecule has 1 aliphatic rings. The van der Waals surface area contributed by atoms with Crippen LogP contribution in [-0.2, 0) is 17.8 Å². The molecule has 0 aliphatic carbocycles. The molecule has 1 unspecified atom stereocenters. The van der Waals surface area contributed by atoms with E-state index in [-0.39, 0.29) is 11.9 Å². The van der Waals surface area contributed by atoms with Crippen LogP contribution in [0.2, 0.25) is 5.02 Å². The van der Waals surface area contributed by atoms with Crippen molar-refractivity contribution in [3.8, 4) is 6.07 Å². The number of hydrogen-bond donors (Lipinski definition) is 2. The zero-order valence-corrected chi connectivity index (χ0v) is 16.5. The monoisotopic (exact) mass is 405 g/mol. The number of amides is 1. The van der Waals surface area contributed by atoms with E-state index in [1.165, 1.54) is 0 Å². The van der Waals surface area contributed by atoms with Gasteiger partial charge in [0.05, 0.1) is 28.4 Å². The Kier molecular flexibility index (Phi) is 5.61. The molecule has 0 radical (unpaired) electrons. The molecule has 1 saturated heterocycles. The third-order valence-electron chi connectivity index (χ3n) is 5.02. The number of imidazole rings is 1. The second-order valence-corrected chi connectivity index (χ2v) is 7.41. The summed E-state index contributed by atoms with van der Waals surface area (Å²) >= 11 is 6.23. The van der Waals surface area contributed by atoms with Gasteiger partial charge < -0.3 is 15.2 Å². The zero-order valence-electron chi connectivity index (χ0n) is 15.7. The molecule has 0 bridgehead atoms. The van der Waals surface area contributed by atoms with Gasteiger partial charge in [-0.3, -0.25) is 4.79 Å². The molecule has 7 heteroatoms. The Morgan fingerprint density at radius 1 is 1.24 bits per heavy atom. The van der Waals surface area contributed by atoms with Crippen LogP contribution in [0.1, 0.15) is 29.1 Å². The molecule has 1 fully saturated rings. The lowest BCUT2D eigenvalue weighted by Crippen LogP contribution is -2.38. The molecule has 2 N–H and O–H groups in total. The summed E-state index contributed by atoms with van der Waals surface area (Å²) in [5.74, 6) is 0.886. The molecule has 1 aliphatic heterocycles. The summed E-state index contributed by atoms with van der Waals surface area (Å²) in [6.07, 6.45) is 3.18. The molecular formula is C22H20ClN5O. The summed E-state index contributed by atoms with van der Waals surface area (Å²) in [6, 6.07) is 16.7. The second kappa shape index (κ2) is 8.48. The van der Waals surface area contributed by atoms with Crippen molar-refractivity contribution in [1.82, 2.24) is 15.3 Å². The fourth-order valence-electron chi connectivity index (χ4n) is 3.49. The molecule has 6 nitrogen and oxygen atoms in total. The number of rotatable bonds is 6. The van der Waals surface area contributed by atoms with Crippen LogP contribution in [0.3, 0.4) is 0 Å². The number of anilines is 1. The van der Waals surface area contributed by atoms with Crippen molar-refractivity contribution >= 4 is 23.2 Å². The first-order valence-electron chi connectivity index (χ1n) is 9.45. The van der Waals surface area contributed by atoms with E-state index in [9.17, 15) is 4.79 Å². The van der Waals surface area contributed by atoms with Gasteiger partial charge in [0.2, 0.25) is 5.91 Å². The maximum absolute atomic E-state index is 12.7. The molecular weight excluding hydrogens is 386 g/mol. The number of nitrogens with one attached hydrogen (secondary N) is 2. The second-order valence-electron chi connectivity index (χ2n) is 7.00. The maximum Gasteiger partial charge on any atom is 0.244 e. The van der Waals surface area contributed by atoms with Crippen molar-refractivity contribution in [1.29, 1.82) is 5.26 Å². The van der Waals surface area contributed by atoms with Crippen molar-refractivity contribution < 1.29 is 4.79 Å². The van der Waals surface area contributed by atoms with Gasteiger partial charge in [-0.15, -0.1) is 0 Å². The van der Waals surface area contributed by atoms with Crippen molar-refractivity contribution in [2.75, 3.05) is 11.4 Å². The van der Waals surface area contributed by atoms with E-state index in [1.807, 2.05) is 30.3 Å². The number of nitriles is 1. The number of H-pyrrole nitrogens is 1. The van der Waals surface area contributed by atoms with Crippen molar-refractivity contribution in [3.05, 3.63) is 82.4 Å². The third-order valence-corrected chi connectivity index (χ3v) is 5.34. The van der Waals surface area contributed by atoms with Crippen LogP contribution in [0, 0.1) is 11.3 Å². The molecule has 29 heavy (non-hydrogen) atoms. The lowest BCUT2D eigenvalue weighted by atomic mass is 10.1. The van der Waals surface area contributed by atoms with Crippen LogP contribution >= 0.6 is 11.6 Å². The van der Waals surface area contributed by atoms with Crippen LogP contribution in [0.25, 0.3) is 0 Å². The van der Waals surface area contributed by atoms with Crippen molar-refractivity contribution in [2.24, 2.45) is 0 Å². The molecule has 1 aromatic heterocycles. The zero-order chi connectivity index (χ0) is 20.2. The molecule has 2 aromatic carbocycles. The van der Waals surface area contributed by atoms with Crippen LogP contribution in [0.4, 0.5) is 5.69 Å². The Morgan fingerprint density at radius 2 is 2.03 bits per heavy atom. The highest BCUT2D eigenvalue weighted by atomic mass is 35.5. The average molecular weight is 406 g/mol. The number of para-hydroxylation sites is 1. The number of nitrogens with zero attached hydrogens (tertiary/aromatic N) is 3. The van der Waals surface area contributed by atoms with E-state index in [0.717, 1.165) is 29.2 Å². The number of carbonyl (C=O) groups excluding carboxylic acids is 1. The number of hydrogen-bond acceptors (Lipinski definition) is 4. The molecule has 2 heterocycles. The smallest absolute Gasteiger partial charge is 0.244 e. The van der Waals surface area contributed by atoms with Gasteiger partial charge in [0.25, 0.3) is 0 Å². The number of aromatic nitrogens is 2. The minimum absolute atomic E-state index is 0.0374. The van der Waals surface area contributed by atoms with Gasteiger partial charge in [0, 0.05) is 31.4 Å². The lowest BCUT2D eigenvalue weighted by molar-refractivity contribution is -0.118. The van der Waals surface area contributed by atoms with Gasteiger partial charge in [0.1, 0.15) is 5.82 Å². The van der Waals surface area contributed by atoms with Gasteiger partial charge in [-0.05, 0) is 36.2 Å². The molecule has 0 spiro atoms. The minimum Gasteiger partial charge on any atom is -0.345 e. The summed E-state index contributed by atoms with van der Waals surface area (Å²) in [5.41, 5.74) is 3.41. The predicted molar refractivity (Wildman–Crippen MR) is 112 cm³/mol. The van der Waals surface area contributed by atoms with Crippen LogP contribution in [-0.4, -0.2) is 28.5 Å². The molecule has 0 saturated carbocycles. The topological polar surface area (TPSA) is 84.8 Å². The molecule has 4 rings (SSSR count). The van der Waals surface area contributed by atoms with E-state index in [1.54, 1.807) is 29.3 Å². The molecule has 146 valence electrons. The summed E-state index contributed by atoms with van der Waals surface area (Å²) in [4.78, 5) is 22.2. The minimum atomic E-state index is -0.239. The van der Waals surface area contributed by atoms with E-state index < -0.39 is 0 Å². The summed E-state index contributed by atoms with van der Waals surface area (Å²) in [5, 5.41) is 12.8. The Morgan fingerprint density at radius 3 is 2.79 bits per heavy atom. The van der Waals surface area contributed by atoms with E-state index in [2.05, 4.69) is 21.4 Å². The Balaban J connectivity index is 1.33. The molecule has 1 amide bonds. The van der Waals surface area contributed by atoms with Crippen LogP contribution in [0.5, 0.6) is 0 Å². The van der Waals surface area contributed by atoms with Gasteiger partial charge in [-0.25, -0.2) is 4.98 Å². The summed E-state index contributed by atoms with van der Waals surface area (Å²) in [7, 11) is 0. The first-order valence-corrected chi connectivity index (χ1v) is 9.83. The fraction of sp³-hybridized carbons (Fsp3) is 0.227. The summed E-state index contributed by atoms with van der Waals surface area (Å²) in [6.45, 7) is 1.18. The Bertz CT molecular complexity index is 1050. The first kappa shape index (κ1) is 19.2. The van der Waals surface area contributed by atoms with Crippen LogP contribution in [0.15, 0.2) is 54.7 Å². The predicted octanol–water partition coefficient (Wildman–Crippen LogP) is 3.42. The van der Waals surface area contributed by atoms with Gasteiger partial charge in [-0.1, -0.05) is 35.9 Å². The number of benzene rings is 2. The normalized spacial score (nSPS) is 16.2. The maximum atomic E-state index is 12.7. The van der Waals surface area contributed by atoms with E-state index >= 15 is 0 Å². The van der Waals surface area contributed by atoms with Crippen LogP contribution < -0.4 is 10.2 Å². The van der Waals surface area contributed by atoms with E-state index in [4.69, 9.17) is 16.9 Å². The number of aromatic amines is 1. The Labute approximate surface area is 174 Å². The highest BCUT2D eigenvalue weighted by molar-refractivity contribution is 6.33. The lowest BCUT2D eigenvalue weighted by Gasteiger charge is -2.18. The van der Waals surface area contributed by atoms with Crippen molar-refractivity contribution in [3.63, 3.8) is 0 Å². The highest BCUT2D eigenvalue weighted by Crippen LogP contribution is 2.29. The van der Waals surface area contributed by atoms with Gasteiger partial charge in [-0.2, -0.15) is 5.26 Å². The average Bonchev–Trinajstić information content (AvgIpc) is 3.34. The third kappa shape index (κ3) is 4.32. The summed E-state index contributed by atoms with van der Waals surface area (Å²) < 4.78 is 0.